The number of carboxylic acids is 1. The lowest BCUT2D eigenvalue weighted by molar-refractivity contribution is -0.150. The summed E-state index contributed by atoms with van der Waals surface area (Å²) in [5, 5.41) is 12.4. The smallest absolute Gasteiger partial charge is 0.311 e. The number of nitrogens with one attached hydrogen (secondary N) is 1. The van der Waals surface area contributed by atoms with E-state index in [0.717, 1.165) is 19.3 Å². The molecular weight excluding hydrogens is 246 g/mol. The van der Waals surface area contributed by atoms with Gasteiger partial charge in [-0.05, 0) is 12.8 Å². The first-order valence-corrected chi connectivity index (χ1v) is 6.54. The second-order valence-electron chi connectivity index (χ2n) is 5.19. The predicted molar refractivity (Wildman–Crippen MR) is 71.1 cm³/mol. The van der Waals surface area contributed by atoms with Crippen LogP contribution in [0.4, 0.5) is 5.82 Å². The van der Waals surface area contributed by atoms with Crippen LogP contribution in [0.15, 0.2) is 17.2 Å². The van der Waals surface area contributed by atoms with Crippen LogP contribution < -0.4 is 10.9 Å². The molecule has 0 unspecified atom stereocenters. The Morgan fingerprint density at radius 2 is 2.16 bits per heavy atom. The van der Waals surface area contributed by atoms with Crippen molar-refractivity contribution in [3.63, 3.8) is 0 Å². The topological polar surface area (TPSA) is 84.2 Å². The maximum atomic E-state index is 11.8. The van der Waals surface area contributed by atoms with Gasteiger partial charge in [0.15, 0.2) is 5.82 Å². The minimum absolute atomic E-state index is 0.219. The van der Waals surface area contributed by atoms with E-state index in [1.165, 1.54) is 10.8 Å². The Labute approximate surface area is 111 Å². The summed E-state index contributed by atoms with van der Waals surface area (Å²) in [6.07, 6.45) is 7.34. The van der Waals surface area contributed by atoms with Gasteiger partial charge in [-0.3, -0.25) is 9.59 Å². The fourth-order valence-corrected chi connectivity index (χ4v) is 2.57. The largest absolute Gasteiger partial charge is 0.481 e. The molecule has 1 aliphatic rings. The number of anilines is 1. The number of carbonyl (C=O) groups is 1. The van der Waals surface area contributed by atoms with Crippen LogP contribution in [0.2, 0.25) is 0 Å². The molecule has 1 aliphatic carbocycles. The van der Waals surface area contributed by atoms with Gasteiger partial charge in [0.1, 0.15) is 0 Å². The van der Waals surface area contributed by atoms with Gasteiger partial charge < -0.3 is 15.0 Å². The van der Waals surface area contributed by atoms with E-state index < -0.39 is 11.4 Å². The predicted octanol–water partition coefficient (Wildman–Crippen LogP) is 1.23. The highest BCUT2D eigenvalue weighted by Gasteiger charge is 2.39. The Morgan fingerprint density at radius 3 is 2.79 bits per heavy atom. The van der Waals surface area contributed by atoms with Crippen molar-refractivity contribution in [3.05, 3.63) is 22.7 Å². The number of nitrogens with zero attached hydrogens (tertiary/aromatic N) is 2. The van der Waals surface area contributed by atoms with Crippen LogP contribution in [0.25, 0.3) is 0 Å². The van der Waals surface area contributed by atoms with E-state index >= 15 is 0 Å². The molecule has 0 bridgehead atoms. The van der Waals surface area contributed by atoms with Gasteiger partial charge >= 0.3 is 5.97 Å². The zero-order valence-electron chi connectivity index (χ0n) is 11.1. The van der Waals surface area contributed by atoms with Crippen molar-refractivity contribution in [2.24, 2.45) is 12.5 Å². The fourth-order valence-electron chi connectivity index (χ4n) is 2.57. The molecular formula is C13H19N3O3. The van der Waals surface area contributed by atoms with E-state index in [-0.39, 0.29) is 17.9 Å². The van der Waals surface area contributed by atoms with Crippen molar-refractivity contribution < 1.29 is 9.90 Å². The lowest BCUT2D eigenvalue weighted by Gasteiger charge is -2.33. The zero-order chi connectivity index (χ0) is 13.9. The monoisotopic (exact) mass is 265 g/mol. The third-order valence-corrected chi connectivity index (χ3v) is 3.88. The standard InChI is InChI=1S/C13H19N3O3/c1-16-8-7-14-10(11(16)17)15-9-13(12(18)19)5-3-2-4-6-13/h7-8H,2-6,9H2,1H3,(H,14,15)(H,18,19). The molecule has 0 aliphatic heterocycles. The third-order valence-electron chi connectivity index (χ3n) is 3.88. The van der Waals surface area contributed by atoms with Crippen molar-refractivity contribution in [2.45, 2.75) is 32.1 Å². The second kappa shape index (κ2) is 5.42. The summed E-state index contributed by atoms with van der Waals surface area (Å²) in [6.45, 7) is 0.259. The van der Waals surface area contributed by atoms with Gasteiger partial charge in [0.2, 0.25) is 0 Å². The van der Waals surface area contributed by atoms with Gasteiger partial charge in [-0.15, -0.1) is 0 Å². The summed E-state index contributed by atoms with van der Waals surface area (Å²) in [7, 11) is 1.64. The Balaban J connectivity index is 2.13. The van der Waals surface area contributed by atoms with Gasteiger partial charge in [-0.2, -0.15) is 0 Å². The highest BCUT2D eigenvalue weighted by atomic mass is 16.4. The van der Waals surface area contributed by atoms with Gasteiger partial charge in [-0.1, -0.05) is 19.3 Å². The minimum Gasteiger partial charge on any atom is -0.481 e. The molecule has 0 saturated heterocycles. The third kappa shape index (κ3) is 2.77. The lowest BCUT2D eigenvalue weighted by Crippen LogP contribution is -2.40. The average Bonchev–Trinajstić information content (AvgIpc) is 2.41. The molecule has 19 heavy (non-hydrogen) atoms. The molecule has 1 heterocycles. The van der Waals surface area contributed by atoms with Crippen LogP contribution in [0.1, 0.15) is 32.1 Å². The lowest BCUT2D eigenvalue weighted by atomic mass is 9.74. The molecule has 6 heteroatoms. The minimum atomic E-state index is -0.785. The zero-order valence-corrected chi connectivity index (χ0v) is 11.1. The summed E-state index contributed by atoms with van der Waals surface area (Å²) in [4.78, 5) is 27.3. The van der Waals surface area contributed by atoms with Crippen molar-refractivity contribution in [1.29, 1.82) is 0 Å². The van der Waals surface area contributed by atoms with Crippen molar-refractivity contribution in [1.82, 2.24) is 9.55 Å². The molecule has 2 N–H and O–H groups in total. The molecule has 104 valence electrons. The molecule has 1 fully saturated rings. The first-order chi connectivity index (χ1) is 9.05. The Hall–Kier alpha value is -1.85. The number of aromatic nitrogens is 2. The number of hydrogen-bond donors (Lipinski definition) is 2. The number of rotatable bonds is 4. The van der Waals surface area contributed by atoms with E-state index in [0.29, 0.717) is 12.8 Å². The normalized spacial score (nSPS) is 17.9. The maximum Gasteiger partial charge on any atom is 0.311 e. The van der Waals surface area contributed by atoms with E-state index in [1.54, 1.807) is 13.2 Å². The molecule has 1 saturated carbocycles. The maximum absolute atomic E-state index is 11.8. The van der Waals surface area contributed by atoms with Crippen molar-refractivity contribution in [3.8, 4) is 0 Å². The van der Waals surface area contributed by atoms with Crippen LogP contribution >= 0.6 is 0 Å². The van der Waals surface area contributed by atoms with Gasteiger partial charge in [0, 0.05) is 26.0 Å². The summed E-state index contributed by atoms with van der Waals surface area (Å²) in [5.41, 5.74) is -1.00. The van der Waals surface area contributed by atoms with E-state index in [9.17, 15) is 14.7 Å². The first kappa shape index (κ1) is 13.6. The van der Waals surface area contributed by atoms with Gasteiger partial charge in [0.25, 0.3) is 5.56 Å². The Kier molecular flexibility index (Phi) is 3.87. The SMILES string of the molecule is Cn1ccnc(NCC2(C(=O)O)CCCCC2)c1=O. The number of aliphatic carboxylic acids is 1. The van der Waals surface area contributed by atoms with Crippen LogP contribution in [-0.4, -0.2) is 27.2 Å². The molecule has 0 atom stereocenters. The van der Waals surface area contributed by atoms with Crippen LogP contribution in [0.3, 0.4) is 0 Å². The van der Waals surface area contributed by atoms with Crippen molar-refractivity contribution >= 4 is 11.8 Å². The first-order valence-electron chi connectivity index (χ1n) is 6.54. The second-order valence-corrected chi connectivity index (χ2v) is 5.19. The van der Waals surface area contributed by atoms with Crippen LogP contribution in [0, 0.1) is 5.41 Å². The molecule has 2 rings (SSSR count). The number of carboxylic acid groups (broad SMARTS) is 1. The summed E-state index contributed by atoms with van der Waals surface area (Å²) >= 11 is 0. The Bertz CT molecular complexity index is 518. The van der Waals surface area contributed by atoms with Crippen LogP contribution in [0.5, 0.6) is 0 Å². The molecule has 0 aromatic carbocycles. The number of aryl methyl sites for hydroxylation is 1. The molecule has 0 spiro atoms. The van der Waals surface area contributed by atoms with Crippen molar-refractivity contribution in [2.75, 3.05) is 11.9 Å². The average molecular weight is 265 g/mol. The van der Waals surface area contributed by atoms with E-state index in [2.05, 4.69) is 10.3 Å². The molecule has 0 radical (unpaired) electrons. The van der Waals surface area contributed by atoms with E-state index in [1.807, 2.05) is 0 Å². The number of hydrogen-bond acceptors (Lipinski definition) is 4. The molecule has 1 aromatic heterocycles. The fraction of sp³-hybridized carbons (Fsp3) is 0.615. The summed E-state index contributed by atoms with van der Waals surface area (Å²) in [6, 6.07) is 0. The summed E-state index contributed by atoms with van der Waals surface area (Å²) in [5.74, 6) is -0.566. The molecule has 0 amide bonds. The van der Waals surface area contributed by atoms with Gasteiger partial charge in [-0.25, -0.2) is 4.98 Å². The van der Waals surface area contributed by atoms with E-state index in [4.69, 9.17) is 0 Å². The Morgan fingerprint density at radius 1 is 1.47 bits per heavy atom. The molecule has 6 nitrogen and oxygen atoms in total. The summed E-state index contributed by atoms with van der Waals surface area (Å²) < 4.78 is 1.42. The van der Waals surface area contributed by atoms with Gasteiger partial charge in [0.05, 0.1) is 5.41 Å². The quantitative estimate of drug-likeness (QED) is 0.855. The molecule has 1 aromatic rings. The highest BCUT2D eigenvalue weighted by molar-refractivity contribution is 5.75. The highest BCUT2D eigenvalue weighted by Crippen LogP contribution is 2.36. The van der Waals surface area contributed by atoms with Crippen LogP contribution in [-0.2, 0) is 11.8 Å².